The number of aromatic nitrogens is 2. The van der Waals surface area contributed by atoms with Crippen LogP contribution >= 0.6 is 0 Å². The Morgan fingerprint density at radius 1 is 1.10 bits per heavy atom. The summed E-state index contributed by atoms with van der Waals surface area (Å²) in [5.74, 6) is 1.10. The Morgan fingerprint density at radius 2 is 1.93 bits per heavy atom. The van der Waals surface area contributed by atoms with Crippen molar-refractivity contribution in [3.63, 3.8) is 0 Å². The molecule has 5 rings (SSSR count). The summed E-state index contributed by atoms with van der Waals surface area (Å²) in [4.78, 5) is 32.8. The van der Waals surface area contributed by atoms with Gasteiger partial charge in [0.15, 0.2) is 0 Å². The molecule has 0 unspecified atom stereocenters. The van der Waals surface area contributed by atoms with Gasteiger partial charge in [0.2, 0.25) is 0 Å². The van der Waals surface area contributed by atoms with Crippen LogP contribution in [0.5, 0.6) is 0 Å². The lowest BCUT2D eigenvalue weighted by Crippen LogP contribution is -2.49. The van der Waals surface area contributed by atoms with Crippen molar-refractivity contribution < 1.29 is 4.79 Å². The number of benzene rings is 1. The number of carbonyl (C=O) groups excluding carboxylic acids is 1. The van der Waals surface area contributed by atoms with Crippen LogP contribution in [-0.4, -0.2) is 33.4 Å². The maximum atomic E-state index is 13.7. The van der Waals surface area contributed by atoms with Gasteiger partial charge in [-0.3, -0.25) is 14.6 Å². The van der Waals surface area contributed by atoms with Crippen LogP contribution in [0.1, 0.15) is 47.9 Å². The minimum atomic E-state index is 0.0698. The van der Waals surface area contributed by atoms with Crippen molar-refractivity contribution >= 4 is 16.8 Å². The average molecular weight is 402 g/mol. The number of nitrogens with zero attached hydrogens (tertiary/aromatic N) is 3. The molecule has 5 heteroatoms. The normalized spacial score (nSPS) is 20.4. The van der Waals surface area contributed by atoms with E-state index in [1.54, 1.807) is 6.07 Å². The summed E-state index contributed by atoms with van der Waals surface area (Å²) in [6, 6.07) is 15.4. The first-order chi connectivity index (χ1) is 14.5. The highest BCUT2D eigenvalue weighted by Gasteiger charge is 2.36. The molecule has 2 aromatic heterocycles. The van der Waals surface area contributed by atoms with E-state index >= 15 is 0 Å². The van der Waals surface area contributed by atoms with Crippen LogP contribution in [0, 0.1) is 11.8 Å². The fourth-order valence-corrected chi connectivity index (χ4v) is 5.16. The van der Waals surface area contributed by atoms with Crippen molar-refractivity contribution in [1.82, 2.24) is 14.5 Å². The van der Waals surface area contributed by atoms with Gasteiger partial charge in [0.25, 0.3) is 11.5 Å². The molecular weight excluding hydrogens is 374 g/mol. The molecule has 1 saturated heterocycles. The van der Waals surface area contributed by atoms with Crippen LogP contribution in [0.25, 0.3) is 10.9 Å². The summed E-state index contributed by atoms with van der Waals surface area (Å²) in [6.45, 7) is 6.40. The number of fused-ring (bicyclic) bond motifs is 5. The van der Waals surface area contributed by atoms with E-state index in [0.717, 1.165) is 40.7 Å². The fourth-order valence-electron chi connectivity index (χ4n) is 5.16. The number of para-hydroxylation sites is 1. The van der Waals surface area contributed by atoms with Gasteiger partial charge >= 0.3 is 0 Å². The molecule has 3 aromatic rings. The minimum absolute atomic E-state index is 0.0698. The van der Waals surface area contributed by atoms with Gasteiger partial charge in [0.1, 0.15) is 0 Å². The first-order valence-corrected chi connectivity index (χ1v) is 10.9. The smallest absolute Gasteiger partial charge is 0.254 e. The lowest BCUT2D eigenvalue weighted by Gasteiger charge is -2.42. The highest BCUT2D eigenvalue weighted by atomic mass is 16.2. The molecule has 30 heavy (non-hydrogen) atoms. The van der Waals surface area contributed by atoms with E-state index < -0.39 is 0 Å². The molecule has 2 aliphatic rings. The molecule has 0 radical (unpaired) electrons. The van der Waals surface area contributed by atoms with Crippen LogP contribution < -0.4 is 5.56 Å². The zero-order chi connectivity index (χ0) is 20.8. The Kier molecular flexibility index (Phi) is 4.69. The zero-order valence-electron chi connectivity index (χ0n) is 17.5. The molecular formula is C25H27N3O2. The SMILES string of the molecule is CC(C)Cc1cc(C(=O)N2C[C@H]3C[C@@H](C2)c2cccc(=O)n2C3)c2ccccc2n1. The number of amides is 1. The molecule has 0 aliphatic carbocycles. The quantitative estimate of drug-likeness (QED) is 0.670. The second-order valence-corrected chi connectivity index (χ2v) is 9.18. The van der Waals surface area contributed by atoms with Crippen molar-refractivity contribution in [2.45, 2.75) is 39.2 Å². The Hall–Kier alpha value is -2.95. The highest BCUT2D eigenvalue weighted by molar-refractivity contribution is 6.06. The van der Waals surface area contributed by atoms with Gasteiger partial charge < -0.3 is 9.47 Å². The monoisotopic (exact) mass is 401 g/mol. The van der Waals surface area contributed by atoms with Gasteiger partial charge in [-0.1, -0.05) is 38.1 Å². The van der Waals surface area contributed by atoms with Crippen molar-refractivity contribution in [3.8, 4) is 0 Å². The number of carbonyl (C=O) groups is 1. The molecule has 1 amide bonds. The summed E-state index contributed by atoms with van der Waals surface area (Å²) < 4.78 is 1.91. The maximum Gasteiger partial charge on any atom is 0.254 e. The van der Waals surface area contributed by atoms with E-state index in [-0.39, 0.29) is 17.4 Å². The molecule has 154 valence electrons. The first kappa shape index (κ1) is 19.0. The number of rotatable bonds is 3. The number of piperidine rings is 1. The van der Waals surface area contributed by atoms with Gasteiger partial charge in [-0.05, 0) is 42.9 Å². The number of likely N-dealkylation sites (tertiary alicyclic amines) is 1. The third kappa shape index (κ3) is 3.32. The second-order valence-electron chi connectivity index (χ2n) is 9.18. The number of hydrogen-bond acceptors (Lipinski definition) is 3. The van der Waals surface area contributed by atoms with Gasteiger partial charge in [-0.2, -0.15) is 0 Å². The lowest BCUT2D eigenvalue weighted by molar-refractivity contribution is 0.0596. The van der Waals surface area contributed by atoms with E-state index in [0.29, 0.717) is 31.5 Å². The average Bonchev–Trinajstić information content (AvgIpc) is 2.73. The molecule has 0 N–H and O–H groups in total. The Balaban J connectivity index is 1.51. The van der Waals surface area contributed by atoms with Gasteiger partial charge in [0.05, 0.1) is 11.1 Å². The molecule has 2 atom stereocenters. The van der Waals surface area contributed by atoms with Crippen molar-refractivity contribution in [2.24, 2.45) is 11.8 Å². The lowest BCUT2D eigenvalue weighted by atomic mass is 9.83. The Labute approximate surface area is 176 Å². The molecule has 2 bridgehead atoms. The summed E-state index contributed by atoms with van der Waals surface area (Å²) in [5.41, 5.74) is 3.74. The molecule has 4 heterocycles. The van der Waals surface area contributed by atoms with Crippen molar-refractivity contribution in [1.29, 1.82) is 0 Å². The van der Waals surface area contributed by atoms with E-state index in [1.165, 1.54) is 0 Å². The molecule has 0 spiro atoms. The molecule has 1 fully saturated rings. The summed E-state index contributed by atoms with van der Waals surface area (Å²) in [6.07, 6.45) is 1.90. The molecule has 1 aromatic carbocycles. The fraction of sp³-hybridized carbons (Fsp3) is 0.400. The third-order valence-corrected chi connectivity index (χ3v) is 6.38. The largest absolute Gasteiger partial charge is 0.338 e. The molecule has 0 saturated carbocycles. The van der Waals surface area contributed by atoms with Crippen molar-refractivity contribution in [3.05, 3.63) is 75.8 Å². The van der Waals surface area contributed by atoms with Crippen LogP contribution in [0.15, 0.2) is 53.3 Å². The van der Waals surface area contributed by atoms with Gasteiger partial charge in [0, 0.05) is 48.4 Å². The van der Waals surface area contributed by atoms with Crippen LogP contribution in [-0.2, 0) is 13.0 Å². The standard InChI is InChI=1S/C25H27N3O2/c1-16(2)10-19-12-21(20-6-3-4-7-22(20)26-19)25(30)27-13-17-11-18(15-27)23-8-5-9-24(29)28(23)14-17/h3-9,12,16-18H,10-11,13-15H2,1-2H3/t17-,18+/m1/s1. The summed E-state index contributed by atoms with van der Waals surface area (Å²) in [7, 11) is 0. The second kappa shape index (κ2) is 7.38. The Bertz CT molecular complexity index is 1180. The predicted molar refractivity (Wildman–Crippen MR) is 118 cm³/mol. The number of pyridine rings is 2. The molecule has 5 nitrogen and oxygen atoms in total. The van der Waals surface area contributed by atoms with Gasteiger partial charge in [-0.25, -0.2) is 0 Å². The van der Waals surface area contributed by atoms with E-state index in [9.17, 15) is 9.59 Å². The maximum absolute atomic E-state index is 13.7. The molecule has 2 aliphatic heterocycles. The summed E-state index contributed by atoms with van der Waals surface area (Å²) >= 11 is 0. The van der Waals surface area contributed by atoms with Crippen LogP contribution in [0.4, 0.5) is 0 Å². The predicted octanol–water partition coefficient (Wildman–Crippen LogP) is 3.85. The van der Waals surface area contributed by atoms with E-state index in [1.807, 2.05) is 51.9 Å². The Morgan fingerprint density at radius 3 is 2.77 bits per heavy atom. The number of hydrogen-bond donors (Lipinski definition) is 0. The van der Waals surface area contributed by atoms with E-state index in [2.05, 4.69) is 13.8 Å². The van der Waals surface area contributed by atoms with Crippen LogP contribution in [0.2, 0.25) is 0 Å². The summed E-state index contributed by atoms with van der Waals surface area (Å²) in [5, 5.41) is 0.919. The van der Waals surface area contributed by atoms with E-state index in [4.69, 9.17) is 4.98 Å². The zero-order valence-corrected chi connectivity index (χ0v) is 17.5. The topological polar surface area (TPSA) is 55.2 Å². The first-order valence-electron chi connectivity index (χ1n) is 10.9. The van der Waals surface area contributed by atoms with Gasteiger partial charge in [-0.15, -0.1) is 0 Å². The minimum Gasteiger partial charge on any atom is -0.338 e. The van der Waals surface area contributed by atoms with Crippen molar-refractivity contribution in [2.75, 3.05) is 13.1 Å². The highest BCUT2D eigenvalue weighted by Crippen LogP contribution is 2.36. The van der Waals surface area contributed by atoms with Crippen LogP contribution in [0.3, 0.4) is 0 Å². The third-order valence-electron chi connectivity index (χ3n) is 6.38.